The highest BCUT2D eigenvalue weighted by atomic mass is 35.5. The Morgan fingerprint density at radius 2 is 1.85 bits per heavy atom. The van der Waals surface area contributed by atoms with Gasteiger partial charge < -0.3 is 4.42 Å². The van der Waals surface area contributed by atoms with Crippen LogP contribution in [0.4, 0.5) is 0 Å². The zero-order valence-electron chi connectivity index (χ0n) is 7.94. The summed E-state index contributed by atoms with van der Waals surface area (Å²) < 4.78 is 5.41. The molecule has 0 radical (unpaired) electrons. The van der Waals surface area contributed by atoms with Crippen LogP contribution in [0.25, 0.3) is 11.0 Å². The Labute approximate surface area is 82.3 Å². The van der Waals surface area contributed by atoms with Crippen molar-refractivity contribution in [3.8, 4) is 0 Å². The smallest absolute Gasteiger partial charge is 0.134 e. The van der Waals surface area contributed by atoms with Crippen molar-refractivity contribution in [3.05, 3.63) is 34.0 Å². The van der Waals surface area contributed by atoms with E-state index in [0.29, 0.717) is 0 Å². The van der Waals surface area contributed by atoms with Gasteiger partial charge in [-0.25, -0.2) is 0 Å². The van der Waals surface area contributed by atoms with Crippen molar-refractivity contribution >= 4 is 22.6 Å². The quantitative estimate of drug-likeness (QED) is 0.618. The highest BCUT2D eigenvalue weighted by molar-refractivity contribution is 6.33. The molecule has 0 aliphatic carbocycles. The molecule has 0 N–H and O–H groups in total. The third-order valence-corrected chi connectivity index (χ3v) is 2.98. The first kappa shape index (κ1) is 8.64. The van der Waals surface area contributed by atoms with E-state index in [0.717, 1.165) is 32.7 Å². The zero-order valence-corrected chi connectivity index (χ0v) is 8.70. The molecule has 1 heterocycles. The van der Waals surface area contributed by atoms with Crippen LogP contribution < -0.4 is 0 Å². The summed E-state index contributed by atoms with van der Waals surface area (Å²) in [5.74, 6) is 0. The third kappa shape index (κ3) is 1.15. The highest BCUT2D eigenvalue weighted by Crippen LogP contribution is 2.31. The maximum atomic E-state index is 6.14. The number of rotatable bonds is 0. The van der Waals surface area contributed by atoms with E-state index in [1.807, 2.05) is 26.8 Å². The fraction of sp³-hybridized carbons (Fsp3) is 0.273. The second-order valence-corrected chi connectivity index (χ2v) is 3.80. The molecule has 0 amide bonds. The molecule has 2 aromatic rings. The van der Waals surface area contributed by atoms with Gasteiger partial charge in [-0.3, -0.25) is 0 Å². The number of hydrogen-bond acceptors (Lipinski definition) is 1. The summed E-state index contributed by atoms with van der Waals surface area (Å²) in [5.41, 5.74) is 4.26. The first-order valence-corrected chi connectivity index (χ1v) is 4.62. The summed E-state index contributed by atoms with van der Waals surface area (Å²) in [6, 6.07) is 1.98. The molecule has 68 valence electrons. The summed E-state index contributed by atoms with van der Waals surface area (Å²) in [7, 11) is 0. The van der Waals surface area contributed by atoms with E-state index in [2.05, 4.69) is 0 Å². The van der Waals surface area contributed by atoms with Gasteiger partial charge in [-0.2, -0.15) is 0 Å². The zero-order chi connectivity index (χ0) is 9.59. The highest BCUT2D eigenvalue weighted by Gasteiger charge is 2.10. The third-order valence-electron chi connectivity index (χ3n) is 2.40. The first-order valence-electron chi connectivity index (χ1n) is 4.24. The topological polar surface area (TPSA) is 13.1 Å². The van der Waals surface area contributed by atoms with E-state index in [-0.39, 0.29) is 0 Å². The minimum Gasteiger partial charge on any atom is -0.464 e. The molecule has 0 aliphatic heterocycles. The van der Waals surface area contributed by atoms with E-state index < -0.39 is 0 Å². The van der Waals surface area contributed by atoms with Gasteiger partial charge in [-0.05, 0) is 43.5 Å². The average molecular weight is 195 g/mol. The minimum absolute atomic E-state index is 0.844. The Morgan fingerprint density at radius 1 is 1.15 bits per heavy atom. The van der Waals surface area contributed by atoms with Crippen LogP contribution in [0.5, 0.6) is 0 Å². The molecule has 0 atom stereocenters. The molecule has 1 aromatic heterocycles. The SMILES string of the molecule is Cc1cc2occ(C)c2c(C)c1Cl. The molecule has 0 saturated heterocycles. The fourth-order valence-corrected chi connectivity index (χ4v) is 1.87. The predicted molar refractivity (Wildman–Crippen MR) is 55.4 cm³/mol. The molecule has 0 unspecified atom stereocenters. The molecular formula is C11H11ClO. The molecule has 0 aliphatic rings. The van der Waals surface area contributed by atoms with Crippen LogP contribution in [-0.2, 0) is 0 Å². The van der Waals surface area contributed by atoms with Crippen molar-refractivity contribution in [1.82, 2.24) is 0 Å². The van der Waals surface area contributed by atoms with Gasteiger partial charge in [-0.1, -0.05) is 11.6 Å². The summed E-state index contributed by atoms with van der Waals surface area (Å²) in [5, 5.41) is 1.99. The van der Waals surface area contributed by atoms with Gasteiger partial charge in [0, 0.05) is 10.4 Å². The number of halogens is 1. The van der Waals surface area contributed by atoms with Gasteiger partial charge in [-0.15, -0.1) is 0 Å². The molecule has 1 aromatic carbocycles. The normalized spacial score (nSPS) is 11.1. The van der Waals surface area contributed by atoms with E-state index in [9.17, 15) is 0 Å². The van der Waals surface area contributed by atoms with Crippen molar-refractivity contribution in [3.63, 3.8) is 0 Å². The number of aryl methyl sites for hydroxylation is 3. The van der Waals surface area contributed by atoms with E-state index in [1.165, 1.54) is 0 Å². The Bertz CT molecular complexity index is 468. The maximum Gasteiger partial charge on any atom is 0.134 e. The minimum atomic E-state index is 0.844. The van der Waals surface area contributed by atoms with Gasteiger partial charge >= 0.3 is 0 Å². The second-order valence-electron chi connectivity index (χ2n) is 3.42. The number of fused-ring (bicyclic) bond motifs is 1. The lowest BCUT2D eigenvalue weighted by Gasteiger charge is -2.03. The predicted octanol–water partition coefficient (Wildman–Crippen LogP) is 4.01. The number of furan rings is 1. The Balaban J connectivity index is 2.97. The van der Waals surface area contributed by atoms with Crippen molar-refractivity contribution in [2.75, 3.05) is 0 Å². The van der Waals surface area contributed by atoms with Crippen molar-refractivity contribution in [2.45, 2.75) is 20.8 Å². The summed E-state index contributed by atoms with van der Waals surface area (Å²) in [6.45, 7) is 6.05. The van der Waals surface area contributed by atoms with Gasteiger partial charge in [0.15, 0.2) is 0 Å². The van der Waals surface area contributed by atoms with Gasteiger partial charge in [0.05, 0.1) is 6.26 Å². The van der Waals surface area contributed by atoms with Crippen molar-refractivity contribution < 1.29 is 4.42 Å². The van der Waals surface area contributed by atoms with Gasteiger partial charge in [0.1, 0.15) is 5.58 Å². The molecule has 2 rings (SSSR count). The van der Waals surface area contributed by atoms with E-state index in [1.54, 1.807) is 6.26 Å². The average Bonchev–Trinajstić information content (AvgIpc) is 2.43. The molecule has 0 saturated carbocycles. The molecular weight excluding hydrogens is 184 g/mol. The van der Waals surface area contributed by atoms with Crippen LogP contribution in [-0.4, -0.2) is 0 Å². The van der Waals surface area contributed by atoms with Crippen LogP contribution >= 0.6 is 11.6 Å². The van der Waals surface area contributed by atoms with Crippen molar-refractivity contribution in [1.29, 1.82) is 0 Å². The van der Waals surface area contributed by atoms with Crippen LogP contribution in [0, 0.1) is 20.8 Å². The molecule has 13 heavy (non-hydrogen) atoms. The standard InChI is InChI=1S/C11H11ClO/c1-6-4-9-10(7(2)5-13-9)8(3)11(6)12/h4-5H,1-3H3. The summed E-state index contributed by atoms with van der Waals surface area (Å²) in [4.78, 5) is 0. The maximum absolute atomic E-state index is 6.14. The fourth-order valence-electron chi connectivity index (χ4n) is 1.72. The van der Waals surface area contributed by atoms with Crippen LogP contribution in [0.1, 0.15) is 16.7 Å². The molecule has 0 fully saturated rings. The van der Waals surface area contributed by atoms with Crippen LogP contribution in [0.2, 0.25) is 5.02 Å². The summed E-state index contributed by atoms with van der Waals surface area (Å²) >= 11 is 6.14. The van der Waals surface area contributed by atoms with Gasteiger partial charge in [0.25, 0.3) is 0 Å². The molecule has 0 spiro atoms. The van der Waals surface area contributed by atoms with E-state index >= 15 is 0 Å². The Hall–Kier alpha value is -0.950. The summed E-state index contributed by atoms with van der Waals surface area (Å²) in [6.07, 6.45) is 1.77. The molecule has 1 nitrogen and oxygen atoms in total. The Kier molecular flexibility index (Phi) is 1.85. The largest absolute Gasteiger partial charge is 0.464 e. The van der Waals surface area contributed by atoms with Gasteiger partial charge in [0.2, 0.25) is 0 Å². The first-order chi connectivity index (χ1) is 6.11. The lowest BCUT2D eigenvalue weighted by molar-refractivity contribution is 0.612. The Morgan fingerprint density at radius 3 is 2.54 bits per heavy atom. The number of hydrogen-bond donors (Lipinski definition) is 0. The number of benzene rings is 1. The molecule has 0 bridgehead atoms. The second kappa shape index (κ2) is 2.78. The van der Waals surface area contributed by atoms with Crippen LogP contribution in [0.3, 0.4) is 0 Å². The monoisotopic (exact) mass is 194 g/mol. The molecule has 2 heteroatoms. The van der Waals surface area contributed by atoms with Crippen LogP contribution in [0.15, 0.2) is 16.7 Å². The van der Waals surface area contributed by atoms with E-state index in [4.69, 9.17) is 16.0 Å². The van der Waals surface area contributed by atoms with Crippen molar-refractivity contribution in [2.24, 2.45) is 0 Å². The lowest BCUT2D eigenvalue weighted by Crippen LogP contribution is -1.83. The lowest BCUT2D eigenvalue weighted by atomic mass is 10.1.